The van der Waals surface area contributed by atoms with Crippen molar-refractivity contribution in [2.24, 2.45) is 0 Å². The fourth-order valence-corrected chi connectivity index (χ4v) is 3.08. The maximum Gasteiger partial charge on any atom is 0.222 e. The average Bonchev–Trinajstić information content (AvgIpc) is 2.83. The highest BCUT2D eigenvalue weighted by atomic mass is 16.5. The second-order valence-corrected chi connectivity index (χ2v) is 5.98. The molecular formula is C18H20N4O. The van der Waals surface area contributed by atoms with Gasteiger partial charge in [-0.15, -0.1) is 0 Å². The summed E-state index contributed by atoms with van der Waals surface area (Å²) in [6.45, 7) is 4.58. The Morgan fingerprint density at radius 1 is 1.26 bits per heavy atom. The Bertz CT molecular complexity index is 851. The van der Waals surface area contributed by atoms with E-state index < -0.39 is 0 Å². The minimum atomic E-state index is 0.584. The number of aromatic nitrogens is 4. The van der Waals surface area contributed by atoms with Gasteiger partial charge in [0, 0.05) is 18.3 Å². The van der Waals surface area contributed by atoms with Crippen LogP contribution in [-0.4, -0.2) is 26.0 Å². The van der Waals surface area contributed by atoms with Gasteiger partial charge in [0.2, 0.25) is 5.88 Å². The minimum Gasteiger partial charge on any atom is -0.477 e. The van der Waals surface area contributed by atoms with Crippen LogP contribution in [0.2, 0.25) is 0 Å². The van der Waals surface area contributed by atoms with Gasteiger partial charge in [-0.3, -0.25) is 4.40 Å². The molecule has 0 radical (unpaired) electrons. The third-order valence-electron chi connectivity index (χ3n) is 4.49. The van der Waals surface area contributed by atoms with Crippen molar-refractivity contribution in [2.45, 2.75) is 39.0 Å². The van der Waals surface area contributed by atoms with Crippen LogP contribution in [0.1, 0.15) is 43.6 Å². The Morgan fingerprint density at radius 2 is 2.13 bits per heavy atom. The number of imidazole rings is 1. The van der Waals surface area contributed by atoms with E-state index in [0.717, 1.165) is 28.4 Å². The van der Waals surface area contributed by atoms with Crippen LogP contribution >= 0.6 is 0 Å². The van der Waals surface area contributed by atoms with E-state index in [-0.39, 0.29) is 0 Å². The Morgan fingerprint density at radius 3 is 2.87 bits per heavy atom. The highest BCUT2D eigenvalue weighted by molar-refractivity contribution is 5.67. The Kier molecular flexibility index (Phi) is 3.48. The molecule has 1 aliphatic rings. The van der Waals surface area contributed by atoms with Crippen LogP contribution in [-0.2, 0) is 0 Å². The van der Waals surface area contributed by atoms with E-state index >= 15 is 0 Å². The van der Waals surface area contributed by atoms with Gasteiger partial charge in [-0.25, -0.2) is 15.0 Å². The standard InChI is InChI=1S/C18H20N4O/c1-3-23-18-14(8-5-10-19-18)15-9-11-22-16(21-15)12(2)20-17(22)13-6-4-7-13/h5,8-11,13H,3-4,6-7H2,1-2H3. The normalized spacial score (nSPS) is 14.9. The van der Waals surface area contributed by atoms with Gasteiger partial charge in [0.05, 0.1) is 23.6 Å². The first-order chi connectivity index (χ1) is 11.3. The monoisotopic (exact) mass is 308 g/mol. The molecule has 0 atom stereocenters. The molecule has 0 N–H and O–H groups in total. The fraction of sp³-hybridized carbons (Fsp3) is 0.389. The predicted octanol–water partition coefficient (Wildman–Crippen LogP) is 3.77. The molecule has 118 valence electrons. The second-order valence-electron chi connectivity index (χ2n) is 5.98. The molecule has 1 fully saturated rings. The zero-order valence-electron chi connectivity index (χ0n) is 13.5. The van der Waals surface area contributed by atoms with Crippen molar-refractivity contribution in [1.82, 2.24) is 19.4 Å². The topological polar surface area (TPSA) is 52.3 Å². The SMILES string of the molecule is CCOc1ncccc1-c1ccn2c(C3CCC3)nc(C)c2n1. The molecule has 0 saturated heterocycles. The first-order valence-electron chi connectivity index (χ1n) is 8.21. The van der Waals surface area contributed by atoms with E-state index in [1.807, 2.05) is 32.0 Å². The van der Waals surface area contributed by atoms with Gasteiger partial charge in [0.25, 0.3) is 0 Å². The molecule has 0 aliphatic heterocycles. The van der Waals surface area contributed by atoms with Crippen LogP contribution < -0.4 is 4.74 Å². The fourth-order valence-electron chi connectivity index (χ4n) is 3.08. The zero-order chi connectivity index (χ0) is 15.8. The lowest BCUT2D eigenvalue weighted by atomic mass is 9.85. The summed E-state index contributed by atoms with van der Waals surface area (Å²) in [6, 6.07) is 5.93. The first-order valence-corrected chi connectivity index (χ1v) is 8.21. The lowest BCUT2D eigenvalue weighted by Crippen LogP contribution is -2.12. The third kappa shape index (κ3) is 2.36. The number of aryl methyl sites for hydroxylation is 1. The minimum absolute atomic E-state index is 0.584. The maximum absolute atomic E-state index is 5.63. The number of rotatable bonds is 4. The lowest BCUT2D eigenvalue weighted by Gasteiger charge is -2.23. The Balaban J connectivity index is 1.82. The number of pyridine rings is 1. The highest BCUT2D eigenvalue weighted by Gasteiger charge is 2.25. The first kappa shape index (κ1) is 14.2. The van der Waals surface area contributed by atoms with Crippen molar-refractivity contribution < 1.29 is 4.74 Å². The molecule has 4 rings (SSSR count). The van der Waals surface area contributed by atoms with E-state index in [0.29, 0.717) is 18.4 Å². The van der Waals surface area contributed by atoms with Gasteiger partial charge in [0.1, 0.15) is 5.82 Å². The van der Waals surface area contributed by atoms with E-state index in [1.54, 1.807) is 6.20 Å². The van der Waals surface area contributed by atoms with Crippen molar-refractivity contribution in [1.29, 1.82) is 0 Å². The number of nitrogens with zero attached hydrogens (tertiary/aromatic N) is 4. The zero-order valence-corrected chi connectivity index (χ0v) is 13.5. The molecule has 23 heavy (non-hydrogen) atoms. The van der Waals surface area contributed by atoms with Crippen LogP contribution in [0.25, 0.3) is 16.9 Å². The van der Waals surface area contributed by atoms with Crippen LogP contribution in [0.5, 0.6) is 5.88 Å². The van der Waals surface area contributed by atoms with Gasteiger partial charge in [-0.2, -0.15) is 0 Å². The molecule has 1 aliphatic carbocycles. The van der Waals surface area contributed by atoms with Crippen LogP contribution in [0, 0.1) is 6.92 Å². The van der Waals surface area contributed by atoms with Crippen molar-refractivity contribution in [3.63, 3.8) is 0 Å². The van der Waals surface area contributed by atoms with E-state index in [2.05, 4.69) is 15.6 Å². The van der Waals surface area contributed by atoms with Gasteiger partial charge in [-0.05, 0) is 44.9 Å². The molecule has 5 heteroatoms. The quantitative estimate of drug-likeness (QED) is 0.736. The van der Waals surface area contributed by atoms with E-state index in [9.17, 15) is 0 Å². The molecule has 3 aromatic heterocycles. The van der Waals surface area contributed by atoms with Crippen molar-refractivity contribution in [3.8, 4) is 17.1 Å². The molecule has 1 saturated carbocycles. The van der Waals surface area contributed by atoms with Crippen molar-refractivity contribution >= 4 is 5.65 Å². The van der Waals surface area contributed by atoms with Gasteiger partial charge in [-0.1, -0.05) is 6.42 Å². The van der Waals surface area contributed by atoms with Crippen molar-refractivity contribution in [2.75, 3.05) is 6.61 Å². The number of fused-ring (bicyclic) bond motifs is 1. The summed E-state index contributed by atoms with van der Waals surface area (Å²) in [5.74, 6) is 2.36. The van der Waals surface area contributed by atoms with Crippen LogP contribution in [0.15, 0.2) is 30.6 Å². The van der Waals surface area contributed by atoms with Crippen LogP contribution in [0.4, 0.5) is 0 Å². The summed E-state index contributed by atoms with van der Waals surface area (Å²) in [6.07, 6.45) is 7.59. The van der Waals surface area contributed by atoms with Gasteiger partial charge < -0.3 is 4.74 Å². The Labute approximate surface area is 135 Å². The van der Waals surface area contributed by atoms with Gasteiger partial charge in [0.15, 0.2) is 5.65 Å². The van der Waals surface area contributed by atoms with Crippen LogP contribution in [0.3, 0.4) is 0 Å². The summed E-state index contributed by atoms with van der Waals surface area (Å²) in [4.78, 5) is 13.9. The number of ether oxygens (including phenoxy) is 1. The third-order valence-corrected chi connectivity index (χ3v) is 4.49. The highest BCUT2D eigenvalue weighted by Crippen LogP contribution is 2.36. The van der Waals surface area contributed by atoms with Crippen molar-refractivity contribution in [3.05, 3.63) is 42.1 Å². The molecular weight excluding hydrogens is 288 g/mol. The molecule has 0 aromatic carbocycles. The molecule has 0 bridgehead atoms. The molecule has 5 nitrogen and oxygen atoms in total. The predicted molar refractivity (Wildman–Crippen MR) is 88.7 cm³/mol. The summed E-state index contributed by atoms with van der Waals surface area (Å²) in [7, 11) is 0. The Hall–Kier alpha value is -2.43. The molecule has 0 amide bonds. The molecule has 3 heterocycles. The smallest absolute Gasteiger partial charge is 0.222 e. The summed E-state index contributed by atoms with van der Waals surface area (Å²) in [5, 5.41) is 0. The maximum atomic E-state index is 5.63. The summed E-state index contributed by atoms with van der Waals surface area (Å²) in [5.41, 5.74) is 3.70. The number of hydrogen-bond acceptors (Lipinski definition) is 4. The summed E-state index contributed by atoms with van der Waals surface area (Å²) >= 11 is 0. The largest absolute Gasteiger partial charge is 0.477 e. The molecule has 3 aromatic rings. The van der Waals surface area contributed by atoms with E-state index in [1.165, 1.54) is 19.3 Å². The molecule has 0 unspecified atom stereocenters. The molecule has 0 spiro atoms. The van der Waals surface area contributed by atoms with Gasteiger partial charge >= 0.3 is 0 Å². The average molecular weight is 308 g/mol. The number of hydrogen-bond donors (Lipinski definition) is 0. The second kappa shape index (κ2) is 5.65. The van der Waals surface area contributed by atoms with E-state index in [4.69, 9.17) is 14.7 Å². The lowest BCUT2D eigenvalue weighted by molar-refractivity contribution is 0.328. The summed E-state index contributed by atoms with van der Waals surface area (Å²) < 4.78 is 7.77.